The Morgan fingerprint density at radius 2 is 1.59 bits per heavy atom. The van der Waals surface area contributed by atoms with Crippen molar-refractivity contribution in [2.45, 2.75) is 25.3 Å². The Labute approximate surface area is 129 Å². The van der Waals surface area contributed by atoms with E-state index in [0.717, 1.165) is 11.1 Å². The third kappa shape index (κ3) is 4.33. The van der Waals surface area contributed by atoms with Gasteiger partial charge in [-0.2, -0.15) is 8.42 Å². The summed E-state index contributed by atoms with van der Waals surface area (Å²) in [6.45, 7) is 3.34. The Morgan fingerprint density at radius 3 is 2.14 bits per heavy atom. The molecule has 0 aromatic heterocycles. The fourth-order valence-electron chi connectivity index (χ4n) is 1.71. The van der Waals surface area contributed by atoms with Gasteiger partial charge in [0.05, 0.1) is 0 Å². The van der Waals surface area contributed by atoms with Crippen molar-refractivity contribution < 1.29 is 22.1 Å². The van der Waals surface area contributed by atoms with Gasteiger partial charge in [-0.1, -0.05) is 29.8 Å². The van der Waals surface area contributed by atoms with Crippen LogP contribution >= 0.6 is 0 Å². The highest BCUT2D eigenvalue weighted by molar-refractivity contribution is 7.87. The van der Waals surface area contributed by atoms with E-state index in [1.165, 1.54) is 31.2 Å². The van der Waals surface area contributed by atoms with Crippen LogP contribution in [0.3, 0.4) is 0 Å². The van der Waals surface area contributed by atoms with Crippen LogP contribution in [0.15, 0.2) is 53.4 Å². The Morgan fingerprint density at radius 1 is 1.00 bits per heavy atom. The maximum absolute atomic E-state index is 12.1. The smallest absolute Gasteiger partial charge is 0.339 e. The lowest BCUT2D eigenvalue weighted by Crippen LogP contribution is -2.09. The highest BCUT2D eigenvalue weighted by Crippen LogP contribution is 2.19. The second-order valence-corrected chi connectivity index (χ2v) is 6.32. The molecule has 0 heterocycles. The molecule has 0 atom stereocenters. The summed E-state index contributed by atoms with van der Waals surface area (Å²) in [6, 6.07) is 12.7. The Balaban J connectivity index is 2.09. The number of hydrogen-bond donors (Lipinski definition) is 0. The number of ether oxygens (including phenoxy) is 1. The van der Waals surface area contributed by atoms with E-state index in [1.54, 1.807) is 24.3 Å². The van der Waals surface area contributed by atoms with Gasteiger partial charge in [0.25, 0.3) is 0 Å². The molecule has 2 rings (SSSR count). The quantitative estimate of drug-likeness (QED) is 0.626. The topological polar surface area (TPSA) is 69.7 Å². The summed E-state index contributed by atoms with van der Waals surface area (Å²) in [5, 5.41) is 0. The normalized spacial score (nSPS) is 11.0. The maximum atomic E-state index is 12.1. The van der Waals surface area contributed by atoms with Crippen molar-refractivity contribution in [2.24, 2.45) is 0 Å². The van der Waals surface area contributed by atoms with Gasteiger partial charge in [-0.3, -0.25) is 4.79 Å². The molecule has 0 spiro atoms. The van der Waals surface area contributed by atoms with Crippen molar-refractivity contribution >= 4 is 16.1 Å². The Hall–Kier alpha value is -2.34. The number of carbonyl (C=O) groups is 1. The minimum Gasteiger partial charge on any atom is -0.461 e. The number of aryl methyl sites for hydroxylation is 1. The first-order chi connectivity index (χ1) is 10.4. The predicted octanol–water partition coefficient (Wildman–Crippen LogP) is 2.83. The largest absolute Gasteiger partial charge is 0.461 e. The average Bonchev–Trinajstić information content (AvgIpc) is 2.46. The van der Waals surface area contributed by atoms with Crippen molar-refractivity contribution in [1.29, 1.82) is 0 Å². The first-order valence-corrected chi connectivity index (χ1v) is 8.01. The third-order valence-corrected chi connectivity index (χ3v) is 4.14. The number of carbonyl (C=O) groups excluding carboxylic acids is 1. The van der Waals surface area contributed by atoms with E-state index in [4.69, 9.17) is 8.92 Å². The Bertz CT molecular complexity index is 746. The minimum atomic E-state index is -3.85. The molecule has 0 aliphatic rings. The molecule has 5 nitrogen and oxygen atoms in total. The van der Waals surface area contributed by atoms with Gasteiger partial charge in [-0.25, -0.2) is 0 Å². The lowest BCUT2D eigenvalue weighted by Gasteiger charge is -2.08. The predicted molar refractivity (Wildman–Crippen MR) is 80.9 cm³/mol. The van der Waals surface area contributed by atoms with Crippen LogP contribution in [0.5, 0.6) is 5.75 Å². The zero-order valence-electron chi connectivity index (χ0n) is 12.3. The van der Waals surface area contributed by atoms with Gasteiger partial charge in [-0.05, 0) is 36.8 Å². The number of esters is 1. The molecule has 0 bridgehead atoms. The first-order valence-electron chi connectivity index (χ1n) is 6.60. The second kappa shape index (κ2) is 6.62. The highest BCUT2D eigenvalue weighted by Gasteiger charge is 2.16. The van der Waals surface area contributed by atoms with Crippen LogP contribution in [0.25, 0.3) is 0 Å². The maximum Gasteiger partial charge on any atom is 0.339 e. The molecule has 2 aromatic carbocycles. The summed E-state index contributed by atoms with van der Waals surface area (Å²) in [4.78, 5) is 10.8. The third-order valence-electron chi connectivity index (χ3n) is 2.88. The molecule has 0 aliphatic heterocycles. The fourth-order valence-corrected chi connectivity index (χ4v) is 2.64. The van der Waals surface area contributed by atoms with Crippen molar-refractivity contribution in [3.8, 4) is 5.75 Å². The summed E-state index contributed by atoms with van der Waals surface area (Å²) < 4.78 is 34.2. The number of hydrogen-bond acceptors (Lipinski definition) is 5. The van der Waals surface area contributed by atoms with Crippen molar-refractivity contribution in [1.82, 2.24) is 0 Å². The van der Waals surface area contributed by atoms with E-state index in [0.29, 0.717) is 0 Å². The van der Waals surface area contributed by atoms with E-state index < -0.39 is 10.1 Å². The van der Waals surface area contributed by atoms with Crippen LogP contribution in [0.1, 0.15) is 18.1 Å². The molecule has 0 unspecified atom stereocenters. The highest BCUT2D eigenvalue weighted by atomic mass is 32.2. The van der Waals surface area contributed by atoms with Crippen LogP contribution in [-0.2, 0) is 26.3 Å². The van der Waals surface area contributed by atoms with Gasteiger partial charge < -0.3 is 8.92 Å². The van der Waals surface area contributed by atoms with Crippen LogP contribution in [0.4, 0.5) is 0 Å². The molecule has 22 heavy (non-hydrogen) atoms. The second-order valence-electron chi connectivity index (χ2n) is 4.77. The summed E-state index contributed by atoms with van der Waals surface area (Å²) in [7, 11) is -3.85. The van der Waals surface area contributed by atoms with Gasteiger partial charge in [-0.15, -0.1) is 0 Å². The van der Waals surface area contributed by atoms with E-state index >= 15 is 0 Å². The van der Waals surface area contributed by atoms with E-state index in [2.05, 4.69) is 0 Å². The molecule has 2 aromatic rings. The summed E-state index contributed by atoms with van der Waals surface area (Å²) >= 11 is 0. The summed E-state index contributed by atoms with van der Waals surface area (Å²) in [5.41, 5.74) is 1.71. The first kappa shape index (κ1) is 16.0. The van der Waals surface area contributed by atoms with Crippen molar-refractivity contribution in [3.63, 3.8) is 0 Å². The lowest BCUT2D eigenvalue weighted by molar-refractivity contribution is -0.142. The Kier molecular flexibility index (Phi) is 4.82. The molecule has 0 saturated carbocycles. The minimum absolute atomic E-state index is 0.0992. The van der Waals surface area contributed by atoms with Gasteiger partial charge in [0.15, 0.2) is 0 Å². The standard InChI is InChI=1S/C16H16O5S/c1-12-3-9-16(10-4-12)22(18,19)21-15-7-5-14(6-8-15)11-20-13(2)17/h3-10H,11H2,1-2H3. The SMILES string of the molecule is CC(=O)OCc1ccc(OS(=O)(=O)c2ccc(C)cc2)cc1. The van der Waals surface area contributed by atoms with Crippen LogP contribution in [0, 0.1) is 6.92 Å². The van der Waals surface area contributed by atoms with E-state index in [9.17, 15) is 13.2 Å². The molecule has 116 valence electrons. The van der Waals surface area contributed by atoms with Crippen molar-refractivity contribution in [3.05, 3.63) is 59.7 Å². The molecular weight excluding hydrogens is 304 g/mol. The van der Waals surface area contributed by atoms with Gasteiger partial charge in [0, 0.05) is 6.92 Å². The lowest BCUT2D eigenvalue weighted by atomic mass is 10.2. The zero-order chi connectivity index (χ0) is 16.2. The fraction of sp³-hybridized carbons (Fsp3) is 0.188. The molecule has 0 amide bonds. The molecule has 0 N–H and O–H groups in total. The van der Waals surface area contributed by atoms with E-state index in [-0.39, 0.29) is 23.2 Å². The molecule has 0 saturated heterocycles. The average molecular weight is 320 g/mol. The molecule has 0 radical (unpaired) electrons. The van der Waals surface area contributed by atoms with Gasteiger partial charge in [0.1, 0.15) is 17.3 Å². The zero-order valence-corrected chi connectivity index (χ0v) is 13.1. The molecule has 0 aliphatic carbocycles. The number of rotatable bonds is 5. The van der Waals surface area contributed by atoms with Gasteiger partial charge in [0.2, 0.25) is 0 Å². The van der Waals surface area contributed by atoms with Gasteiger partial charge >= 0.3 is 16.1 Å². The molecule has 6 heteroatoms. The van der Waals surface area contributed by atoms with Crippen LogP contribution in [0.2, 0.25) is 0 Å². The monoisotopic (exact) mass is 320 g/mol. The van der Waals surface area contributed by atoms with Crippen LogP contribution < -0.4 is 4.18 Å². The van der Waals surface area contributed by atoms with E-state index in [1.807, 2.05) is 6.92 Å². The molecular formula is C16H16O5S. The number of benzene rings is 2. The summed E-state index contributed by atoms with van der Waals surface area (Å²) in [5.74, 6) is -0.172. The van der Waals surface area contributed by atoms with Crippen LogP contribution in [-0.4, -0.2) is 14.4 Å². The van der Waals surface area contributed by atoms with Crippen molar-refractivity contribution in [2.75, 3.05) is 0 Å². The summed E-state index contributed by atoms with van der Waals surface area (Å²) in [6.07, 6.45) is 0. The molecule has 0 fully saturated rings.